The monoisotopic (exact) mass is 1060 g/mol. The molecule has 6 heteroatoms. The van der Waals surface area contributed by atoms with Gasteiger partial charge in [-0.25, -0.2) is 0 Å². The van der Waals surface area contributed by atoms with Gasteiger partial charge in [0.05, 0.1) is 0 Å². The highest BCUT2D eigenvalue weighted by molar-refractivity contribution is 5.71. The Morgan fingerprint density at radius 3 is 0.803 bits per heavy atom. The number of carbonyl (C=O) groups excluding carboxylic acids is 3. The number of unbranched alkanes of at least 4 members (excludes halogenated alkanes) is 31. The summed E-state index contributed by atoms with van der Waals surface area (Å²) in [5.41, 5.74) is 0. The second kappa shape index (κ2) is 63.9. The van der Waals surface area contributed by atoms with Crippen molar-refractivity contribution in [3.05, 3.63) is 97.2 Å². The van der Waals surface area contributed by atoms with Crippen molar-refractivity contribution in [3.8, 4) is 0 Å². The van der Waals surface area contributed by atoms with Gasteiger partial charge in [0.1, 0.15) is 13.2 Å². The molecule has 0 aromatic carbocycles. The Bertz CT molecular complexity index is 1490. The summed E-state index contributed by atoms with van der Waals surface area (Å²) in [6.07, 6.45) is 85.7. The molecular formula is C70H120O6. The van der Waals surface area contributed by atoms with Crippen molar-refractivity contribution < 1.29 is 28.6 Å². The van der Waals surface area contributed by atoms with Gasteiger partial charge in [-0.05, 0) is 103 Å². The molecule has 0 aliphatic rings. The van der Waals surface area contributed by atoms with Crippen LogP contribution < -0.4 is 0 Å². The van der Waals surface area contributed by atoms with E-state index in [-0.39, 0.29) is 31.1 Å². The average molecular weight is 1060 g/mol. The minimum atomic E-state index is -0.783. The predicted octanol–water partition coefficient (Wildman–Crippen LogP) is 22.0. The fraction of sp³-hybridized carbons (Fsp3) is 0.729. The summed E-state index contributed by atoms with van der Waals surface area (Å²) in [5.74, 6) is -0.890. The third-order valence-electron chi connectivity index (χ3n) is 13.8. The van der Waals surface area contributed by atoms with Crippen LogP contribution >= 0.6 is 0 Å². The average Bonchev–Trinajstić information content (AvgIpc) is 3.42. The van der Waals surface area contributed by atoms with Crippen molar-refractivity contribution in [2.45, 2.75) is 316 Å². The summed E-state index contributed by atoms with van der Waals surface area (Å²) in [6.45, 7) is 6.50. The van der Waals surface area contributed by atoms with Gasteiger partial charge >= 0.3 is 17.9 Å². The van der Waals surface area contributed by atoms with Crippen molar-refractivity contribution in [2.75, 3.05) is 13.2 Å². The predicted molar refractivity (Wildman–Crippen MR) is 330 cm³/mol. The third kappa shape index (κ3) is 61.2. The fourth-order valence-corrected chi connectivity index (χ4v) is 9.01. The van der Waals surface area contributed by atoms with Crippen LogP contribution in [0, 0.1) is 0 Å². The molecule has 0 fully saturated rings. The molecule has 0 N–H and O–H groups in total. The number of hydrogen-bond donors (Lipinski definition) is 0. The zero-order valence-electron chi connectivity index (χ0n) is 50.0. The first-order chi connectivity index (χ1) is 37.5. The number of hydrogen-bond acceptors (Lipinski definition) is 6. The molecule has 0 aromatic rings. The molecule has 76 heavy (non-hydrogen) atoms. The van der Waals surface area contributed by atoms with Gasteiger partial charge in [-0.2, -0.15) is 0 Å². The van der Waals surface area contributed by atoms with Crippen LogP contribution in [-0.4, -0.2) is 37.2 Å². The molecule has 0 aliphatic heterocycles. The van der Waals surface area contributed by atoms with Crippen LogP contribution in [0.1, 0.15) is 310 Å². The maximum absolute atomic E-state index is 12.9. The highest BCUT2D eigenvalue weighted by Crippen LogP contribution is 2.16. The van der Waals surface area contributed by atoms with Gasteiger partial charge in [0.25, 0.3) is 0 Å². The summed E-state index contributed by atoms with van der Waals surface area (Å²) in [6, 6.07) is 0. The number of rotatable bonds is 58. The number of allylic oxidation sites excluding steroid dienone is 16. The van der Waals surface area contributed by atoms with Crippen LogP contribution in [0.15, 0.2) is 97.2 Å². The minimum absolute atomic E-state index is 0.0810. The van der Waals surface area contributed by atoms with Crippen molar-refractivity contribution >= 4 is 17.9 Å². The Morgan fingerprint density at radius 1 is 0.276 bits per heavy atom. The first kappa shape index (κ1) is 72.3. The van der Waals surface area contributed by atoms with Crippen molar-refractivity contribution in [2.24, 2.45) is 0 Å². The van der Waals surface area contributed by atoms with E-state index in [1.807, 2.05) is 0 Å². The minimum Gasteiger partial charge on any atom is -0.462 e. The molecule has 0 spiro atoms. The SMILES string of the molecule is CC/C=C\C/C=C\C/C=C\C/C=C\C/C=C\CCCCCCCCCC(=O)OC(COC(=O)CCCCCCCCCC)COC(=O)CCCCCCCCCCCCCC/C=C\C/C=C\C/C=C\CCCCCCC. The molecule has 6 nitrogen and oxygen atoms in total. The van der Waals surface area contributed by atoms with Gasteiger partial charge in [-0.3, -0.25) is 14.4 Å². The normalized spacial score (nSPS) is 12.7. The smallest absolute Gasteiger partial charge is 0.306 e. The number of ether oxygens (including phenoxy) is 3. The van der Waals surface area contributed by atoms with Gasteiger partial charge in [0, 0.05) is 19.3 Å². The van der Waals surface area contributed by atoms with E-state index in [2.05, 4.69) is 118 Å². The van der Waals surface area contributed by atoms with Crippen molar-refractivity contribution in [1.82, 2.24) is 0 Å². The Balaban J connectivity index is 4.20. The lowest BCUT2D eigenvalue weighted by Crippen LogP contribution is -2.30. The molecular weight excluding hydrogens is 937 g/mol. The van der Waals surface area contributed by atoms with E-state index in [4.69, 9.17) is 14.2 Å². The van der Waals surface area contributed by atoms with E-state index in [0.29, 0.717) is 19.3 Å². The van der Waals surface area contributed by atoms with Crippen LogP contribution in [0.3, 0.4) is 0 Å². The van der Waals surface area contributed by atoms with Gasteiger partial charge in [0.2, 0.25) is 0 Å². The fourth-order valence-electron chi connectivity index (χ4n) is 9.01. The highest BCUT2D eigenvalue weighted by atomic mass is 16.6. The lowest BCUT2D eigenvalue weighted by Gasteiger charge is -2.18. The quantitative estimate of drug-likeness (QED) is 0.0261. The molecule has 0 heterocycles. The van der Waals surface area contributed by atoms with Crippen LogP contribution in [0.25, 0.3) is 0 Å². The molecule has 436 valence electrons. The second-order valence-corrected chi connectivity index (χ2v) is 21.3. The zero-order chi connectivity index (χ0) is 55.0. The lowest BCUT2D eigenvalue weighted by atomic mass is 10.0. The first-order valence-corrected chi connectivity index (χ1v) is 32.2. The molecule has 1 atom stereocenters. The third-order valence-corrected chi connectivity index (χ3v) is 13.8. The van der Waals surface area contributed by atoms with Gasteiger partial charge in [0.15, 0.2) is 6.10 Å². The van der Waals surface area contributed by atoms with Gasteiger partial charge in [-0.1, -0.05) is 285 Å². The standard InChI is InChI=1S/C70H120O6/c1-4-7-10-13-16-19-21-23-25-27-29-31-33-34-35-36-38-39-41-43-45-47-49-51-54-57-60-63-69(72)75-66-67(65-74-68(71)62-59-56-53-18-15-12-9-6-3)76-70(73)64-61-58-55-52-50-48-46-44-42-40-37-32-30-28-26-24-22-20-17-14-11-8-5-2/h8,11,17,20-21,23-24,26-27,29-30,32-34,40,42,67H,4-7,9-10,12-16,18-19,22,25,28,31,35-39,41,43-66H2,1-3H3/b11-8-,20-17-,23-21-,26-24-,29-27-,32-30-,34-33-,42-40-. The summed E-state index contributed by atoms with van der Waals surface area (Å²) in [5, 5.41) is 0. The molecule has 0 aliphatic carbocycles. The topological polar surface area (TPSA) is 78.9 Å². The Hall–Kier alpha value is -3.67. The second-order valence-electron chi connectivity index (χ2n) is 21.3. The molecule has 0 amide bonds. The first-order valence-electron chi connectivity index (χ1n) is 32.2. The van der Waals surface area contributed by atoms with E-state index in [1.165, 1.54) is 161 Å². The van der Waals surface area contributed by atoms with E-state index in [1.54, 1.807) is 0 Å². The molecule has 0 bridgehead atoms. The molecule has 0 saturated carbocycles. The summed E-state index contributed by atoms with van der Waals surface area (Å²) in [7, 11) is 0. The van der Waals surface area contributed by atoms with Crippen LogP contribution in [-0.2, 0) is 28.6 Å². The van der Waals surface area contributed by atoms with Crippen molar-refractivity contribution in [3.63, 3.8) is 0 Å². The number of carbonyl (C=O) groups is 3. The van der Waals surface area contributed by atoms with Crippen LogP contribution in [0.2, 0.25) is 0 Å². The molecule has 0 rings (SSSR count). The van der Waals surface area contributed by atoms with E-state index < -0.39 is 6.10 Å². The van der Waals surface area contributed by atoms with E-state index in [0.717, 1.165) is 109 Å². The lowest BCUT2D eigenvalue weighted by molar-refractivity contribution is -0.167. The summed E-state index contributed by atoms with van der Waals surface area (Å²) < 4.78 is 16.9. The van der Waals surface area contributed by atoms with E-state index >= 15 is 0 Å². The largest absolute Gasteiger partial charge is 0.462 e. The molecule has 0 saturated heterocycles. The zero-order valence-corrected chi connectivity index (χ0v) is 50.0. The van der Waals surface area contributed by atoms with Crippen molar-refractivity contribution in [1.29, 1.82) is 0 Å². The van der Waals surface area contributed by atoms with Gasteiger partial charge in [-0.15, -0.1) is 0 Å². The Morgan fingerprint density at radius 2 is 0.513 bits per heavy atom. The highest BCUT2D eigenvalue weighted by Gasteiger charge is 2.19. The molecule has 0 aromatic heterocycles. The van der Waals surface area contributed by atoms with E-state index in [9.17, 15) is 14.4 Å². The molecule has 1 unspecified atom stereocenters. The van der Waals surface area contributed by atoms with Crippen LogP contribution in [0.4, 0.5) is 0 Å². The summed E-state index contributed by atoms with van der Waals surface area (Å²) >= 11 is 0. The van der Waals surface area contributed by atoms with Crippen LogP contribution in [0.5, 0.6) is 0 Å². The number of esters is 3. The molecule has 0 radical (unpaired) electrons. The summed E-state index contributed by atoms with van der Waals surface area (Å²) in [4.78, 5) is 38.2. The maximum Gasteiger partial charge on any atom is 0.306 e. The Kier molecular flexibility index (Phi) is 60.8. The Labute approximate surface area is 470 Å². The van der Waals surface area contributed by atoms with Gasteiger partial charge < -0.3 is 14.2 Å². The maximum atomic E-state index is 12.9.